The molecule has 15 heavy (non-hydrogen) atoms. The van der Waals surface area contributed by atoms with E-state index in [0.29, 0.717) is 31.2 Å². The van der Waals surface area contributed by atoms with Gasteiger partial charge in [-0.2, -0.15) is 4.98 Å². The van der Waals surface area contributed by atoms with Crippen LogP contribution in [0.25, 0.3) is 0 Å². The molecule has 1 saturated heterocycles. The second-order valence-electron chi connectivity index (χ2n) is 4.18. The van der Waals surface area contributed by atoms with Crippen molar-refractivity contribution in [3.8, 4) is 0 Å². The molecule has 5 nitrogen and oxygen atoms in total. The molecule has 0 amide bonds. The highest BCUT2D eigenvalue weighted by Gasteiger charge is 2.38. The zero-order valence-electron chi connectivity index (χ0n) is 9.06. The van der Waals surface area contributed by atoms with Crippen molar-refractivity contribution in [3.63, 3.8) is 0 Å². The predicted octanol–water partition coefficient (Wildman–Crippen LogP) is 0.714. The Bertz CT molecular complexity index is 339. The Kier molecular flexibility index (Phi) is 2.75. The number of ether oxygens (including phenoxy) is 1. The van der Waals surface area contributed by atoms with Gasteiger partial charge in [0.2, 0.25) is 5.89 Å². The summed E-state index contributed by atoms with van der Waals surface area (Å²) in [6.07, 6.45) is 1.85. The van der Waals surface area contributed by atoms with Gasteiger partial charge in [-0.1, -0.05) is 12.1 Å². The van der Waals surface area contributed by atoms with Crippen molar-refractivity contribution in [1.82, 2.24) is 10.1 Å². The molecule has 1 aromatic rings. The first-order valence-electron chi connectivity index (χ1n) is 5.27. The van der Waals surface area contributed by atoms with Gasteiger partial charge in [-0.3, -0.25) is 0 Å². The fourth-order valence-corrected chi connectivity index (χ4v) is 1.86. The maximum atomic E-state index is 10.1. The maximum Gasteiger partial charge on any atom is 0.229 e. The molecule has 1 aromatic heterocycles. The van der Waals surface area contributed by atoms with Gasteiger partial charge in [-0.15, -0.1) is 0 Å². The number of hydrogen-bond acceptors (Lipinski definition) is 5. The summed E-state index contributed by atoms with van der Waals surface area (Å²) in [7, 11) is 0. The zero-order valence-corrected chi connectivity index (χ0v) is 9.06. The van der Waals surface area contributed by atoms with Crippen LogP contribution in [0.4, 0.5) is 0 Å². The summed E-state index contributed by atoms with van der Waals surface area (Å²) < 4.78 is 10.4. The number of aromatic nitrogens is 2. The van der Waals surface area contributed by atoms with Crippen molar-refractivity contribution in [2.24, 2.45) is 0 Å². The summed E-state index contributed by atoms with van der Waals surface area (Å²) >= 11 is 0. The SMILES string of the molecule is CCc1noc(C[C@@]2(O)CO[C@@H](C)C2)n1. The van der Waals surface area contributed by atoms with Crippen LogP contribution in [0.15, 0.2) is 4.52 Å². The van der Waals surface area contributed by atoms with E-state index in [-0.39, 0.29) is 6.10 Å². The molecule has 2 heterocycles. The Morgan fingerprint density at radius 2 is 2.40 bits per heavy atom. The molecule has 0 bridgehead atoms. The summed E-state index contributed by atoms with van der Waals surface area (Å²) in [6, 6.07) is 0. The van der Waals surface area contributed by atoms with E-state index in [4.69, 9.17) is 9.26 Å². The highest BCUT2D eigenvalue weighted by molar-refractivity contribution is 4.96. The van der Waals surface area contributed by atoms with Crippen LogP contribution in [-0.4, -0.2) is 33.6 Å². The highest BCUT2D eigenvalue weighted by atomic mass is 16.5. The van der Waals surface area contributed by atoms with Crippen LogP contribution in [0.3, 0.4) is 0 Å². The molecule has 1 aliphatic heterocycles. The molecule has 2 rings (SSSR count). The lowest BCUT2D eigenvalue weighted by atomic mass is 9.97. The Labute approximate surface area is 88.4 Å². The van der Waals surface area contributed by atoms with E-state index in [2.05, 4.69) is 10.1 Å². The fraction of sp³-hybridized carbons (Fsp3) is 0.800. The third kappa shape index (κ3) is 2.35. The second-order valence-corrected chi connectivity index (χ2v) is 4.18. The van der Waals surface area contributed by atoms with Gasteiger partial charge in [0.15, 0.2) is 5.82 Å². The van der Waals surface area contributed by atoms with E-state index in [0.717, 1.165) is 6.42 Å². The monoisotopic (exact) mass is 212 g/mol. The van der Waals surface area contributed by atoms with E-state index in [1.54, 1.807) is 0 Å². The molecule has 0 aromatic carbocycles. The summed E-state index contributed by atoms with van der Waals surface area (Å²) in [5, 5.41) is 13.9. The van der Waals surface area contributed by atoms with Crippen LogP contribution in [-0.2, 0) is 17.6 Å². The van der Waals surface area contributed by atoms with Crippen molar-refractivity contribution in [2.45, 2.75) is 44.8 Å². The first-order chi connectivity index (χ1) is 7.11. The number of hydrogen-bond donors (Lipinski definition) is 1. The molecular formula is C10H16N2O3. The van der Waals surface area contributed by atoms with Crippen molar-refractivity contribution in [1.29, 1.82) is 0 Å². The van der Waals surface area contributed by atoms with Crippen molar-refractivity contribution in [2.75, 3.05) is 6.61 Å². The third-order valence-corrected chi connectivity index (χ3v) is 2.61. The van der Waals surface area contributed by atoms with Crippen LogP contribution in [0.1, 0.15) is 32.0 Å². The predicted molar refractivity (Wildman–Crippen MR) is 52.4 cm³/mol. The van der Waals surface area contributed by atoms with Gasteiger partial charge in [0.05, 0.1) is 24.7 Å². The van der Waals surface area contributed by atoms with Gasteiger partial charge in [-0.25, -0.2) is 0 Å². The lowest BCUT2D eigenvalue weighted by molar-refractivity contribution is 0.0173. The Morgan fingerprint density at radius 3 is 2.93 bits per heavy atom. The molecule has 0 saturated carbocycles. The van der Waals surface area contributed by atoms with Gasteiger partial charge in [0, 0.05) is 12.8 Å². The van der Waals surface area contributed by atoms with Gasteiger partial charge in [-0.05, 0) is 6.92 Å². The van der Waals surface area contributed by atoms with Gasteiger partial charge in [0.1, 0.15) is 0 Å². The summed E-state index contributed by atoms with van der Waals surface area (Å²) in [4.78, 5) is 4.17. The van der Waals surface area contributed by atoms with Gasteiger partial charge >= 0.3 is 0 Å². The normalized spacial score (nSPS) is 31.0. The first-order valence-corrected chi connectivity index (χ1v) is 5.27. The largest absolute Gasteiger partial charge is 0.387 e. The Hall–Kier alpha value is -0.940. The summed E-state index contributed by atoms with van der Waals surface area (Å²) in [5.74, 6) is 1.17. The van der Waals surface area contributed by atoms with E-state index >= 15 is 0 Å². The third-order valence-electron chi connectivity index (χ3n) is 2.61. The van der Waals surface area contributed by atoms with Crippen LogP contribution in [0.2, 0.25) is 0 Å². The van der Waals surface area contributed by atoms with Crippen LogP contribution in [0, 0.1) is 0 Å². The van der Waals surface area contributed by atoms with Crippen molar-refractivity contribution >= 4 is 0 Å². The molecule has 1 aliphatic rings. The molecule has 1 N–H and O–H groups in total. The molecule has 0 aliphatic carbocycles. The zero-order chi connectivity index (χ0) is 10.9. The van der Waals surface area contributed by atoms with Gasteiger partial charge in [0.25, 0.3) is 0 Å². The van der Waals surface area contributed by atoms with Crippen molar-refractivity contribution < 1.29 is 14.4 Å². The summed E-state index contributed by atoms with van der Waals surface area (Å²) in [6.45, 7) is 4.26. The van der Waals surface area contributed by atoms with Crippen LogP contribution < -0.4 is 0 Å². The molecule has 0 spiro atoms. The Morgan fingerprint density at radius 1 is 1.60 bits per heavy atom. The minimum Gasteiger partial charge on any atom is -0.387 e. The second kappa shape index (κ2) is 3.90. The number of aliphatic hydroxyl groups is 1. The number of rotatable bonds is 3. The molecule has 2 atom stereocenters. The lowest BCUT2D eigenvalue weighted by Gasteiger charge is -2.17. The standard InChI is InChI=1S/C10H16N2O3/c1-3-8-11-9(15-12-8)5-10(13)4-7(2)14-6-10/h7,13H,3-6H2,1-2H3/t7-,10+/m0/s1. The number of nitrogens with zero attached hydrogens (tertiary/aromatic N) is 2. The first kappa shape index (κ1) is 10.6. The van der Waals surface area contributed by atoms with Crippen molar-refractivity contribution in [3.05, 3.63) is 11.7 Å². The van der Waals surface area contributed by atoms with E-state index in [1.807, 2.05) is 13.8 Å². The average molecular weight is 212 g/mol. The molecular weight excluding hydrogens is 196 g/mol. The van der Waals surface area contributed by atoms with Crippen LogP contribution in [0.5, 0.6) is 0 Å². The minimum absolute atomic E-state index is 0.101. The van der Waals surface area contributed by atoms with Gasteiger partial charge < -0.3 is 14.4 Å². The van der Waals surface area contributed by atoms with E-state index < -0.39 is 5.60 Å². The minimum atomic E-state index is -0.836. The molecule has 84 valence electrons. The van der Waals surface area contributed by atoms with E-state index in [9.17, 15) is 5.11 Å². The average Bonchev–Trinajstić information content (AvgIpc) is 2.74. The molecule has 0 radical (unpaired) electrons. The smallest absolute Gasteiger partial charge is 0.229 e. The highest BCUT2D eigenvalue weighted by Crippen LogP contribution is 2.26. The molecule has 5 heteroatoms. The topological polar surface area (TPSA) is 68.4 Å². The summed E-state index contributed by atoms with van der Waals surface area (Å²) in [5.41, 5.74) is -0.836. The quantitative estimate of drug-likeness (QED) is 0.799. The molecule has 1 fully saturated rings. The Balaban J connectivity index is 2.02. The number of aryl methyl sites for hydroxylation is 1. The fourth-order valence-electron chi connectivity index (χ4n) is 1.86. The van der Waals surface area contributed by atoms with Crippen LogP contribution >= 0.6 is 0 Å². The lowest BCUT2D eigenvalue weighted by Crippen LogP contribution is -2.32. The maximum absolute atomic E-state index is 10.1. The molecule has 0 unspecified atom stereocenters. The van der Waals surface area contributed by atoms with E-state index in [1.165, 1.54) is 0 Å².